The average molecular weight is 569 g/mol. The van der Waals surface area contributed by atoms with Gasteiger partial charge in [0.05, 0.1) is 29.5 Å². The van der Waals surface area contributed by atoms with Gasteiger partial charge in [-0.05, 0) is 30.3 Å². The van der Waals surface area contributed by atoms with E-state index >= 15 is 0 Å². The van der Waals surface area contributed by atoms with Gasteiger partial charge in [-0.15, -0.1) is 0 Å². The van der Waals surface area contributed by atoms with Crippen molar-refractivity contribution in [3.05, 3.63) is 89.7 Å². The van der Waals surface area contributed by atoms with Gasteiger partial charge in [0.2, 0.25) is 5.91 Å². The van der Waals surface area contributed by atoms with Gasteiger partial charge in [-0.3, -0.25) is 9.78 Å². The van der Waals surface area contributed by atoms with Crippen molar-refractivity contribution in [2.24, 2.45) is 0 Å². The predicted octanol–water partition coefficient (Wildman–Crippen LogP) is 3.76. The van der Waals surface area contributed by atoms with E-state index in [0.717, 1.165) is 11.9 Å². The van der Waals surface area contributed by atoms with Crippen LogP contribution in [0.5, 0.6) is 5.75 Å². The zero-order valence-corrected chi connectivity index (χ0v) is 22.5. The molecule has 1 amide bonds. The van der Waals surface area contributed by atoms with E-state index in [1.54, 1.807) is 36.7 Å². The lowest BCUT2D eigenvalue weighted by molar-refractivity contribution is -0.117. The van der Waals surface area contributed by atoms with Gasteiger partial charge in [0.1, 0.15) is 23.6 Å². The average Bonchev–Trinajstić information content (AvgIpc) is 3.37. The molecule has 39 heavy (non-hydrogen) atoms. The maximum Gasteiger partial charge on any atom is 0.247 e. The molecule has 0 saturated heterocycles. The number of carbonyl (C=O) groups excluding carboxylic acids is 1. The lowest BCUT2D eigenvalue weighted by Crippen LogP contribution is -2.27. The maximum atomic E-state index is 12.1. The van der Waals surface area contributed by atoms with E-state index in [2.05, 4.69) is 37.3 Å². The van der Waals surface area contributed by atoms with Gasteiger partial charge in [-0.25, -0.2) is 18.4 Å². The number of amides is 1. The fourth-order valence-corrected chi connectivity index (χ4v) is 4.45. The van der Waals surface area contributed by atoms with E-state index in [1.165, 1.54) is 6.33 Å². The molecule has 2 N–H and O–H groups in total. The van der Waals surface area contributed by atoms with E-state index in [9.17, 15) is 13.2 Å². The lowest BCUT2D eigenvalue weighted by atomic mass is 10.2. The van der Waals surface area contributed by atoms with Crippen molar-refractivity contribution >= 4 is 38.9 Å². The van der Waals surface area contributed by atoms with Crippen LogP contribution in [0.25, 0.3) is 11.3 Å². The SMILES string of the molecule is C=C(CS(C)(=O)=O)C(=O)NCc1cc(-c2cncnc2Nc2ccc(OCCc3ccccn3)c(Cl)c2)on1. The third kappa shape index (κ3) is 8.09. The fraction of sp³-hybridized carbons (Fsp3) is 0.192. The number of rotatable bonds is 12. The fourth-order valence-electron chi connectivity index (χ4n) is 3.45. The van der Waals surface area contributed by atoms with Crippen LogP contribution < -0.4 is 15.4 Å². The number of sulfone groups is 1. The second-order valence-electron chi connectivity index (χ2n) is 8.51. The Morgan fingerprint density at radius 3 is 2.74 bits per heavy atom. The number of benzene rings is 1. The number of pyridine rings is 1. The summed E-state index contributed by atoms with van der Waals surface area (Å²) in [5, 5.41) is 10.1. The van der Waals surface area contributed by atoms with Crippen molar-refractivity contribution in [1.29, 1.82) is 0 Å². The van der Waals surface area contributed by atoms with Gasteiger partial charge < -0.3 is 19.9 Å². The second kappa shape index (κ2) is 12.5. The van der Waals surface area contributed by atoms with Crippen LogP contribution in [0.15, 0.2) is 77.9 Å². The van der Waals surface area contributed by atoms with Crippen LogP contribution >= 0.6 is 11.6 Å². The van der Waals surface area contributed by atoms with Crippen molar-refractivity contribution < 1.29 is 22.5 Å². The molecular formula is C26H25ClN6O5S. The summed E-state index contributed by atoms with van der Waals surface area (Å²) >= 11 is 6.44. The molecule has 3 heterocycles. The van der Waals surface area contributed by atoms with Crippen molar-refractivity contribution in [1.82, 2.24) is 25.4 Å². The Morgan fingerprint density at radius 2 is 2.00 bits per heavy atom. The minimum absolute atomic E-state index is 0.0129. The van der Waals surface area contributed by atoms with Gasteiger partial charge in [0.15, 0.2) is 15.6 Å². The Hall–Kier alpha value is -4.29. The normalized spacial score (nSPS) is 11.1. The Balaban J connectivity index is 1.38. The standard InChI is InChI=1S/C26H25ClN6O5S/c1-17(15-39(2,35)36)26(34)30-13-20-12-24(38-33-20)21-14-28-16-31-25(21)32-19-6-7-23(22(27)11-19)37-10-8-18-5-3-4-9-29-18/h3-7,9,11-12,14,16H,1,8,10,13,15H2,2H3,(H,30,34)(H,28,31,32). The molecule has 0 radical (unpaired) electrons. The van der Waals surface area contributed by atoms with Crippen LogP contribution in [0.1, 0.15) is 11.4 Å². The summed E-state index contributed by atoms with van der Waals surface area (Å²) in [7, 11) is -3.37. The summed E-state index contributed by atoms with van der Waals surface area (Å²) < 4.78 is 34.0. The molecule has 13 heteroatoms. The molecule has 11 nitrogen and oxygen atoms in total. The first-order chi connectivity index (χ1) is 18.7. The number of ether oxygens (including phenoxy) is 1. The van der Waals surface area contributed by atoms with Crippen molar-refractivity contribution in [2.45, 2.75) is 13.0 Å². The number of nitrogens with zero attached hydrogens (tertiary/aromatic N) is 4. The van der Waals surface area contributed by atoms with Crippen molar-refractivity contribution in [3.8, 4) is 17.1 Å². The summed E-state index contributed by atoms with van der Waals surface area (Å²) in [6.45, 7) is 3.96. The van der Waals surface area contributed by atoms with Crippen LogP contribution in [0.3, 0.4) is 0 Å². The van der Waals surface area contributed by atoms with Crippen molar-refractivity contribution in [3.63, 3.8) is 0 Å². The highest BCUT2D eigenvalue weighted by Crippen LogP contribution is 2.32. The van der Waals surface area contributed by atoms with Gasteiger partial charge in [-0.2, -0.15) is 0 Å². The molecule has 0 fully saturated rings. The van der Waals surface area contributed by atoms with Crippen LogP contribution in [0.4, 0.5) is 11.5 Å². The molecule has 0 aliphatic rings. The van der Waals surface area contributed by atoms with E-state index in [1.807, 2.05) is 18.2 Å². The zero-order chi connectivity index (χ0) is 27.8. The number of halogens is 1. The summed E-state index contributed by atoms with van der Waals surface area (Å²) in [5.74, 6) is 0.330. The van der Waals surface area contributed by atoms with E-state index < -0.39 is 21.5 Å². The molecule has 1 aromatic carbocycles. The van der Waals surface area contributed by atoms with Gasteiger partial charge >= 0.3 is 0 Å². The third-order valence-electron chi connectivity index (χ3n) is 5.26. The number of hydrogen-bond donors (Lipinski definition) is 2. The van der Waals surface area contributed by atoms with Gasteiger partial charge in [0, 0.05) is 48.1 Å². The Labute approximate surface area is 230 Å². The van der Waals surface area contributed by atoms with Crippen LogP contribution in [-0.2, 0) is 27.6 Å². The summed E-state index contributed by atoms with van der Waals surface area (Å²) in [4.78, 5) is 24.8. The summed E-state index contributed by atoms with van der Waals surface area (Å²) in [6, 6.07) is 12.6. The van der Waals surface area contributed by atoms with E-state index in [0.29, 0.717) is 52.3 Å². The molecule has 0 unspecified atom stereocenters. The van der Waals surface area contributed by atoms with Crippen molar-refractivity contribution in [2.75, 3.05) is 23.9 Å². The van der Waals surface area contributed by atoms with Crippen LogP contribution in [0, 0.1) is 0 Å². The molecule has 4 rings (SSSR count). The van der Waals surface area contributed by atoms with E-state index in [4.69, 9.17) is 20.9 Å². The molecule has 0 saturated carbocycles. The predicted molar refractivity (Wildman–Crippen MR) is 146 cm³/mol. The van der Waals surface area contributed by atoms with Crippen LogP contribution in [-0.4, -0.2) is 53.0 Å². The highest BCUT2D eigenvalue weighted by atomic mass is 35.5. The number of anilines is 2. The molecule has 4 aromatic rings. The van der Waals surface area contributed by atoms with E-state index in [-0.39, 0.29) is 12.1 Å². The smallest absolute Gasteiger partial charge is 0.247 e. The first-order valence-corrected chi connectivity index (χ1v) is 14.1. The highest BCUT2D eigenvalue weighted by Gasteiger charge is 2.16. The van der Waals surface area contributed by atoms with Gasteiger partial charge in [-0.1, -0.05) is 29.4 Å². The van der Waals surface area contributed by atoms with Crippen LogP contribution in [0.2, 0.25) is 5.02 Å². The molecule has 0 bridgehead atoms. The first-order valence-electron chi connectivity index (χ1n) is 11.7. The van der Waals surface area contributed by atoms with Gasteiger partial charge in [0.25, 0.3) is 0 Å². The summed E-state index contributed by atoms with van der Waals surface area (Å²) in [6.07, 6.45) is 6.36. The molecule has 0 spiro atoms. The number of carbonyl (C=O) groups is 1. The lowest BCUT2D eigenvalue weighted by Gasteiger charge is -2.12. The largest absolute Gasteiger partial charge is 0.492 e. The number of nitrogens with one attached hydrogen (secondary N) is 2. The maximum absolute atomic E-state index is 12.1. The minimum atomic E-state index is -3.37. The Kier molecular flexibility index (Phi) is 8.89. The molecule has 0 atom stereocenters. The molecule has 3 aromatic heterocycles. The summed E-state index contributed by atoms with van der Waals surface area (Å²) in [5.41, 5.74) is 2.46. The Bertz CT molecular complexity index is 1580. The Morgan fingerprint density at radius 1 is 1.15 bits per heavy atom. The molecule has 0 aliphatic carbocycles. The molecule has 0 aliphatic heterocycles. The number of aromatic nitrogens is 4. The molecule has 202 valence electrons. The quantitative estimate of drug-likeness (QED) is 0.242. The zero-order valence-electron chi connectivity index (χ0n) is 20.9. The first kappa shape index (κ1) is 27.7. The monoisotopic (exact) mass is 568 g/mol. The molecular weight excluding hydrogens is 544 g/mol. The highest BCUT2D eigenvalue weighted by molar-refractivity contribution is 7.90. The third-order valence-corrected chi connectivity index (χ3v) is 6.43. The number of hydrogen-bond acceptors (Lipinski definition) is 10. The topological polar surface area (TPSA) is 149 Å². The minimum Gasteiger partial charge on any atom is -0.492 e. The second-order valence-corrected chi connectivity index (χ2v) is 11.1.